The van der Waals surface area contributed by atoms with Crippen LogP contribution in [0.2, 0.25) is 0 Å². The molecule has 0 aromatic heterocycles. The van der Waals surface area contributed by atoms with Crippen molar-refractivity contribution >= 4 is 17.7 Å². The van der Waals surface area contributed by atoms with Crippen LogP contribution in [0.1, 0.15) is 24.8 Å². The molecule has 5 heteroatoms. The minimum atomic E-state index is -0.635. The molecule has 2 aliphatic heterocycles. The summed E-state index contributed by atoms with van der Waals surface area (Å²) in [5.41, 5.74) is 0.651. The van der Waals surface area contributed by atoms with Crippen LogP contribution in [0.25, 0.3) is 0 Å². The van der Waals surface area contributed by atoms with Crippen molar-refractivity contribution in [1.82, 2.24) is 10.2 Å². The molecule has 0 aliphatic carbocycles. The van der Waals surface area contributed by atoms with Gasteiger partial charge in [0, 0.05) is 18.8 Å². The quantitative estimate of drug-likeness (QED) is 0.922. The van der Waals surface area contributed by atoms with E-state index in [4.69, 9.17) is 0 Å². The second kappa shape index (κ2) is 7.37. The Morgan fingerprint density at radius 2 is 2.26 bits per heavy atom. The monoisotopic (exact) mass is 329 g/mol. The highest BCUT2D eigenvalue weighted by Gasteiger charge is 2.38. The number of benzene rings is 1. The van der Waals surface area contributed by atoms with Crippen molar-refractivity contribution in [3.63, 3.8) is 0 Å². The molecule has 0 unspecified atom stereocenters. The van der Waals surface area contributed by atoms with E-state index in [1.807, 2.05) is 6.07 Å². The van der Waals surface area contributed by atoms with E-state index in [0.29, 0.717) is 0 Å². The minimum absolute atomic E-state index is 0.00304. The molecule has 1 aromatic carbocycles. The number of carbonyl (C=O) groups is 1. The fourth-order valence-electron chi connectivity index (χ4n) is 3.37. The molecular formula is C18H23N3OS. The van der Waals surface area contributed by atoms with E-state index >= 15 is 0 Å². The average molecular weight is 329 g/mol. The third-order valence-corrected chi connectivity index (χ3v) is 5.91. The highest BCUT2D eigenvalue weighted by Crippen LogP contribution is 2.28. The minimum Gasteiger partial charge on any atom is -0.337 e. The maximum atomic E-state index is 12.6. The van der Waals surface area contributed by atoms with Crippen LogP contribution in [-0.4, -0.2) is 40.9 Å². The first kappa shape index (κ1) is 16.4. The molecule has 2 aliphatic rings. The van der Waals surface area contributed by atoms with Crippen molar-refractivity contribution < 1.29 is 4.79 Å². The van der Waals surface area contributed by atoms with Crippen LogP contribution in [-0.2, 0) is 11.3 Å². The van der Waals surface area contributed by atoms with Crippen molar-refractivity contribution in [2.75, 3.05) is 24.6 Å². The van der Waals surface area contributed by atoms with Gasteiger partial charge >= 0.3 is 0 Å². The number of carbonyl (C=O) groups excluding carboxylic acids is 1. The van der Waals surface area contributed by atoms with Gasteiger partial charge in [0.2, 0.25) is 5.91 Å². The molecule has 0 bridgehead atoms. The lowest BCUT2D eigenvalue weighted by molar-refractivity contribution is -0.128. The topological polar surface area (TPSA) is 56.1 Å². The molecule has 1 amide bonds. The van der Waals surface area contributed by atoms with E-state index in [0.717, 1.165) is 50.4 Å². The Labute approximate surface area is 142 Å². The maximum Gasteiger partial charge on any atom is 0.225 e. The number of piperidine rings is 1. The van der Waals surface area contributed by atoms with Gasteiger partial charge in [-0.15, -0.1) is 0 Å². The second-order valence-electron chi connectivity index (χ2n) is 6.55. The zero-order chi connectivity index (χ0) is 16.1. The van der Waals surface area contributed by atoms with Crippen LogP contribution >= 0.6 is 11.8 Å². The SMILES string of the molecule is N#C[C@]1(NC(=O)[C@H]2CCCN(Cc3ccccc3)C2)CCSC1. The summed E-state index contributed by atoms with van der Waals surface area (Å²) >= 11 is 1.75. The Bertz CT molecular complexity index is 578. The first-order valence-electron chi connectivity index (χ1n) is 8.28. The van der Waals surface area contributed by atoms with Crippen molar-refractivity contribution in [2.45, 2.75) is 31.3 Å². The van der Waals surface area contributed by atoms with Crippen LogP contribution < -0.4 is 5.32 Å². The van der Waals surface area contributed by atoms with Gasteiger partial charge < -0.3 is 5.32 Å². The molecule has 2 fully saturated rings. The van der Waals surface area contributed by atoms with E-state index in [-0.39, 0.29) is 11.8 Å². The summed E-state index contributed by atoms with van der Waals surface area (Å²) in [6, 6.07) is 12.7. The predicted octanol–water partition coefficient (Wildman–Crippen LogP) is 2.41. The standard InChI is InChI=1S/C18H23N3OS/c19-13-18(8-10-23-14-18)20-17(22)16-7-4-9-21(12-16)11-15-5-2-1-3-6-15/h1-3,5-6,16H,4,7-12,14H2,(H,20,22)/t16-,18+/m0/s1. The van der Waals surface area contributed by atoms with Gasteiger partial charge in [-0.2, -0.15) is 17.0 Å². The highest BCUT2D eigenvalue weighted by atomic mass is 32.2. The largest absolute Gasteiger partial charge is 0.337 e. The van der Waals surface area contributed by atoms with Crippen LogP contribution in [0, 0.1) is 17.2 Å². The number of hydrogen-bond donors (Lipinski definition) is 1. The zero-order valence-corrected chi connectivity index (χ0v) is 14.1. The number of nitrogens with zero attached hydrogens (tertiary/aromatic N) is 2. The number of nitriles is 1. The molecule has 0 spiro atoms. The normalized spacial score (nSPS) is 28.2. The van der Waals surface area contributed by atoms with Crippen molar-refractivity contribution in [3.8, 4) is 6.07 Å². The Morgan fingerprint density at radius 3 is 2.96 bits per heavy atom. The van der Waals surface area contributed by atoms with E-state index in [1.165, 1.54) is 5.56 Å². The Hall–Kier alpha value is -1.51. The maximum absolute atomic E-state index is 12.6. The third kappa shape index (κ3) is 4.07. The average Bonchev–Trinajstić information content (AvgIpc) is 3.05. The molecule has 0 radical (unpaired) electrons. The molecule has 3 rings (SSSR count). The number of hydrogen-bond acceptors (Lipinski definition) is 4. The van der Waals surface area contributed by atoms with Gasteiger partial charge in [0.15, 0.2) is 0 Å². The van der Waals surface area contributed by atoms with Gasteiger partial charge in [-0.3, -0.25) is 9.69 Å². The lowest BCUT2D eigenvalue weighted by Gasteiger charge is -2.33. The number of thioether (sulfide) groups is 1. The summed E-state index contributed by atoms with van der Waals surface area (Å²) in [7, 11) is 0. The summed E-state index contributed by atoms with van der Waals surface area (Å²) in [5, 5.41) is 12.5. The lowest BCUT2D eigenvalue weighted by atomic mass is 9.94. The fourth-order valence-corrected chi connectivity index (χ4v) is 4.64. The lowest BCUT2D eigenvalue weighted by Crippen LogP contribution is -2.52. The number of nitrogens with one attached hydrogen (secondary N) is 1. The molecule has 1 aromatic rings. The summed E-state index contributed by atoms with van der Waals surface area (Å²) in [6.07, 6.45) is 2.73. The Kier molecular flexibility index (Phi) is 5.24. The molecule has 2 heterocycles. The molecule has 23 heavy (non-hydrogen) atoms. The zero-order valence-electron chi connectivity index (χ0n) is 13.3. The van der Waals surface area contributed by atoms with Crippen LogP contribution in [0.5, 0.6) is 0 Å². The molecule has 4 nitrogen and oxygen atoms in total. The van der Waals surface area contributed by atoms with Crippen molar-refractivity contribution in [3.05, 3.63) is 35.9 Å². The first-order valence-corrected chi connectivity index (χ1v) is 9.43. The summed E-state index contributed by atoms with van der Waals surface area (Å²) in [4.78, 5) is 15.0. The number of amides is 1. The predicted molar refractivity (Wildman–Crippen MR) is 92.9 cm³/mol. The summed E-state index contributed by atoms with van der Waals surface area (Å²) < 4.78 is 0. The third-order valence-electron chi connectivity index (χ3n) is 4.72. The molecule has 0 saturated carbocycles. The van der Waals surface area contributed by atoms with E-state index in [9.17, 15) is 10.1 Å². The van der Waals surface area contributed by atoms with E-state index < -0.39 is 5.54 Å². The highest BCUT2D eigenvalue weighted by molar-refractivity contribution is 7.99. The van der Waals surface area contributed by atoms with Crippen molar-refractivity contribution in [2.24, 2.45) is 5.92 Å². The number of rotatable bonds is 4. The summed E-state index contributed by atoms with van der Waals surface area (Å²) in [6.45, 7) is 2.72. The molecule has 2 saturated heterocycles. The number of likely N-dealkylation sites (tertiary alicyclic amines) is 1. The molecule has 122 valence electrons. The fraction of sp³-hybridized carbons (Fsp3) is 0.556. The Balaban J connectivity index is 1.57. The van der Waals surface area contributed by atoms with Gasteiger partial charge in [0.05, 0.1) is 12.0 Å². The van der Waals surface area contributed by atoms with E-state index in [2.05, 4.69) is 40.6 Å². The second-order valence-corrected chi connectivity index (χ2v) is 7.65. The van der Waals surface area contributed by atoms with Crippen molar-refractivity contribution in [1.29, 1.82) is 5.26 Å². The molecular weight excluding hydrogens is 306 g/mol. The Morgan fingerprint density at radius 1 is 1.43 bits per heavy atom. The summed E-state index contributed by atoms with van der Waals surface area (Å²) in [5.74, 6) is 1.74. The van der Waals surface area contributed by atoms with Gasteiger partial charge in [-0.05, 0) is 37.1 Å². The van der Waals surface area contributed by atoms with Crippen LogP contribution in [0.3, 0.4) is 0 Å². The first-order chi connectivity index (χ1) is 11.2. The van der Waals surface area contributed by atoms with Gasteiger partial charge in [-0.1, -0.05) is 30.3 Å². The van der Waals surface area contributed by atoms with Gasteiger partial charge in [-0.25, -0.2) is 0 Å². The smallest absolute Gasteiger partial charge is 0.225 e. The van der Waals surface area contributed by atoms with Gasteiger partial charge in [0.25, 0.3) is 0 Å². The molecule has 2 atom stereocenters. The van der Waals surface area contributed by atoms with Gasteiger partial charge in [0.1, 0.15) is 5.54 Å². The van der Waals surface area contributed by atoms with Crippen LogP contribution in [0.4, 0.5) is 0 Å². The van der Waals surface area contributed by atoms with E-state index in [1.54, 1.807) is 11.8 Å². The molecule has 1 N–H and O–H groups in total. The van der Waals surface area contributed by atoms with Crippen LogP contribution in [0.15, 0.2) is 30.3 Å².